The highest BCUT2D eigenvalue weighted by molar-refractivity contribution is 7.89. The lowest BCUT2D eigenvalue weighted by Crippen LogP contribution is -2.49. The molecule has 0 unspecified atom stereocenters. The molecule has 1 aromatic heterocycles. The third kappa shape index (κ3) is 4.16. The molecule has 1 aliphatic rings. The zero-order valence-electron chi connectivity index (χ0n) is 13.7. The van der Waals surface area contributed by atoms with Crippen LogP contribution in [0.2, 0.25) is 10.0 Å². The second-order valence-electron chi connectivity index (χ2n) is 5.84. The summed E-state index contributed by atoms with van der Waals surface area (Å²) in [6.07, 6.45) is -3.38. The fourth-order valence-electron chi connectivity index (χ4n) is 2.75. The highest BCUT2D eigenvalue weighted by Crippen LogP contribution is 2.33. The number of nitrogens with zero attached hydrogens (tertiary/aromatic N) is 3. The molecule has 1 fully saturated rings. The maximum Gasteiger partial charge on any atom is 0.416 e. The monoisotopic (exact) mass is 439 g/mol. The minimum atomic E-state index is -4.47. The van der Waals surface area contributed by atoms with Crippen LogP contribution in [0.1, 0.15) is 5.56 Å². The number of piperazine rings is 1. The first kappa shape index (κ1) is 20.2. The van der Waals surface area contributed by atoms with Gasteiger partial charge in [0.15, 0.2) is 0 Å². The van der Waals surface area contributed by atoms with E-state index in [1.807, 2.05) is 0 Å². The molecule has 0 aliphatic carbocycles. The standard InChI is InChI=1S/C16H14Cl2F3N3O2S/c17-12-2-1-3-13(15(12)18)27(25,26)24-8-6-23(7-9-24)14-10-11(4-5-22-14)16(19,20)21/h1-5,10H,6-9H2. The van der Waals surface area contributed by atoms with Crippen molar-refractivity contribution in [3.8, 4) is 0 Å². The average Bonchev–Trinajstić information content (AvgIpc) is 2.63. The highest BCUT2D eigenvalue weighted by Gasteiger charge is 2.33. The molecule has 146 valence electrons. The second kappa shape index (κ2) is 7.46. The van der Waals surface area contributed by atoms with Crippen LogP contribution in [-0.4, -0.2) is 43.9 Å². The van der Waals surface area contributed by atoms with Crippen molar-refractivity contribution < 1.29 is 21.6 Å². The SMILES string of the molecule is O=S(=O)(c1cccc(Cl)c1Cl)N1CCN(c2cc(C(F)(F)F)ccn2)CC1. The number of alkyl halides is 3. The highest BCUT2D eigenvalue weighted by atomic mass is 35.5. The molecule has 5 nitrogen and oxygen atoms in total. The Labute approximate surface area is 164 Å². The van der Waals surface area contributed by atoms with Crippen LogP contribution >= 0.6 is 23.2 Å². The van der Waals surface area contributed by atoms with Crippen LogP contribution in [-0.2, 0) is 16.2 Å². The van der Waals surface area contributed by atoms with Crippen LogP contribution in [0.3, 0.4) is 0 Å². The molecule has 0 radical (unpaired) electrons. The summed E-state index contributed by atoms with van der Waals surface area (Å²) in [5, 5.41) is 0.0747. The first-order chi connectivity index (χ1) is 12.6. The lowest BCUT2D eigenvalue weighted by Gasteiger charge is -2.35. The zero-order chi connectivity index (χ0) is 19.8. The summed E-state index contributed by atoms with van der Waals surface area (Å²) in [4.78, 5) is 5.48. The van der Waals surface area contributed by atoms with Gasteiger partial charge in [-0.15, -0.1) is 0 Å². The van der Waals surface area contributed by atoms with Crippen LogP contribution in [0.4, 0.5) is 19.0 Å². The number of rotatable bonds is 3. The summed E-state index contributed by atoms with van der Waals surface area (Å²) < 4.78 is 65.4. The first-order valence-corrected chi connectivity index (χ1v) is 10.0. The van der Waals surface area contributed by atoms with Crippen molar-refractivity contribution in [3.05, 3.63) is 52.1 Å². The maximum absolute atomic E-state index is 12.9. The Bertz CT molecular complexity index is 946. The summed E-state index contributed by atoms with van der Waals surface area (Å²) in [5.74, 6) is 0.155. The lowest BCUT2D eigenvalue weighted by atomic mass is 10.2. The number of anilines is 1. The van der Waals surface area contributed by atoms with E-state index >= 15 is 0 Å². The number of sulfonamides is 1. The first-order valence-electron chi connectivity index (χ1n) is 7.83. The summed E-state index contributed by atoms with van der Waals surface area (Å²) in [6, 6.07) is 6.19. The maximum atomic E-state index is 12.9. The smallest absolute Gasteiger partial charge is 0.354 e. The molecule has 0 saturated carbocycles. The quantitative estimate of drug-likeness (QED) is 0.727. The topological polar surface area (TPSA) is 53.5 Å². The van der Waals surface area contributed by atoms with Gasteiger partial charge in [-0.3, -0.25) is 0 Å². The Hall–Kier alpha value is -1.55. The van der Waals surface area contributed by atoms with Gasteiger partial charge in [0.05, 0.1) is 15.6 Å². The van der Waals surface area contributed by atoms with E-state index in [0.29, 0.717) is 0 Å². The predicted octanol–water partition coefficient (Wildman–Crippen LogP) is 3.92. The third-order valence-electron chi connectivity index (χ3n) is 4.17. The van der Waals surface area contributed by atoms with Crippen molar-refractivity contribution in [2.24, 2.45) is 0 Å². The van der Waals surface area contributed by atoms with Gasteiger partial charge >= 0.3 is 6.18 Å². The van der Waals surface area contributed by atoms with Gasteiger partial charge in [0, 0.05) is 32.4 Å². The summed E-state index contributed by atoms with van der Waals surface area (Å²) in [6.45, 7) is 0.573. The van der Waals surface area contributed by atoms with Crippen molar-refractivity contribution in [3.63, 3.8) is 0 Å². The molecule has 0 amide bonds. The van der Waals surface area contributed by atoms with Crippen LogP contribution in [0.5, 0.6) is 0 Å². The molecule has 0 N–H and O–H groups in total. The van der Waals surface area contributed by atoms with Crippen molar-refractivity contribution in [2.45, 2.75) is 11.1 Å². The van der Waals surface area contributed by atoms with E-state index in [4.69, 9.17) is 23.2 Å². The number of aromatic nitrogens is 1. The Kier molecular flexibility index (Phi) is 5.58. The molecular formula is C16H14Cl2F3N3O2S. The molecule has 3 rings (SSSR count). The van der Waals surface area contributed by atoms with E-state index in [9.17, 15) is 21.6 Å². The number of benzene rings is 1. The van der Waals surface area contributed by atoms with E-state index in [1.54, 1.807) is 4.90 Å². The molecule has 27 heavy (non-hydrogen) atoms. The minimum Gasteiger partial charge on any atom is -0.354 e. The summed E-state index contributed by atoms with van der Waals surface area (Å²) >= 11 is 11.9. The van der Waals surface area contributed by atoms with Gasteiger partial charge in [-0.05, 0) is 24.3 Å². The number of pyridine rings is 1. The fourth-order valence-corrected chi connectivity index (χ4v) is 4.91. The zero-order valence-corrected chi connectivity index (χ0v) is 16.1. The van der Waals surface area contributed by atoms with E-state index in [1.165, 1.54) is 22.5 Å². The van der Waals surface area contributed by atoms with Crippen LogP contribution < -0.4 is 4.90 Å². The van der Waals surface area contributed by atoms with Crippen LogP contribution in [0.25, 0.3) is 0 Å². The Morgan fingerprint density at radius 1 is 1.04 bits per heavy atom. The Morgan fingerprint density at radius 2 is 1.70 bits per heavy atom. The van der Waals surface area contributed by atoms with Gasteiger partial charge in [0.2, 0.25) is 10.0 Å². The predicted molar refractivity (Wildman–Crippen MR) is 96.7 cm³/mol. The largest absolute Gasteiger partial charge is 0.416 e. The van der Waals surface area contributed by atoms with E-state index < -0.39 is 21.8 Å². The van der Waals surface area contributed by atoms with Gasteiger partial charge in [-0.25, -0.2) is 13.4 Å². The van der Waals surface area contributed by atoms with Crippen molar-refractivity contribution in [1.82, 2.24) is 9.29 Å². The third-order valence-corrected chi connectivity index (χ3v) is 7.04. The van der Waals surface area contributed by atoms with Crippen molar-refractivity contribution in [2.75, 3.05) is 31.1 Å². The lowest BCUT2D eigenvalue weighted by molar-refractivity contribution is -0.137. The average molecular weight is 440 g/mol. The van der Waals surface area contributed by atoms with Crippen LogP contribution in [0.15, 0.2) is 41.4 Å². The second-order valence-corrected chi connectivity index (χ2v) is 8.54. The minimum absolute atomic E-state index is 0.0545. The summed E-state index contributed by atoms with van der Waals surface area (Å²) in [5.41, 5.74) is -0.798. The van der Waals surface area contributed by atoms with E-state index in [-0.39, 0.29) is 46.9 Å². The molecule has 0 bridgehead atoms. The van der Waals surface area contributed by atoms with Crippen molar-refractivity contribution >= 4 is 39.0 Å². The van der Waals surface area contributed by atoms with Crippen molar-refractivity contribution in [1.29, 1.82) is 0 Å². The van der Waals surface area contributed by atoms with Gasteiger partial charge < -0.3 is 4.90 Å². The molecule has 2 aromatic rings. The van der Waals surface area contributed by atoms with Gasteiger partial charge in [0.1, 0.15) is 10.7 Å². The Morgan fingerprint density at radius 3 is 2.33 bits per heavy atom. The number of hydrogen-bond donors (Lipinski definition) is 0. The van der Waals surface area contributed by atoms with E-state index in [2.05, 4.69) is 4.98 Å². The Balaban J connectivity index is 1.77. The normalized spacial score (nSPS) is 16.6. The number of hydrogen-bond acceptors (Lipinski definition) is 4. The molecular weight excluding hydrogens is 426 g/mol. The molecule has 1 saturated heterocycles. The van der Waals surface area contributed by atoms with Crippen LogP contribution in [0, 0.1) is 0 Å². The molecule has 1 aromatic carbocycles. The molecule has 1 aliphatic heterocycles. The van der Waals surface area contributed by atoms with Gasteiger partial charge in [0.25, 0.3) is 0 Å². The summed E-state index contributed by atoms with van der Waals surface area (Å²) in [7, 11) is -3.86. The van der Waals surface area contributed by atoms with E-state index in [0.717, 1.165) is 18.3 Å². The number of halogens is 5. The molecule has 11 heteroatoms. The van der Waals surface area contributed by atoms with Gasteiger partial charge in [-0.1, -0.05) is 29.3 Å². The fraction of sp³-hybridized carbons (Fsp3) is 0.312. The molecule has 2 heterocycles. The molecule has 0 atom stereocenters. The van der Waals surface area contributed by atoms with Gasteiger partial charge in [-0.2, -0.15) is 17.5 Å². The molecule has 0 spiro atoms.